The number of hydrogen-bond acceptors (Lipinski definition) is 6. The molecule has 1 aliphatic rings. The van der Waals surface area contributed by atoms with Gasteiger partial charge in [-0.1, -0.05) is 29.5 Å². The summed E-state index contributed by atoms with van der Waals surface area (Å²) >= 11 is 1.55. The Labute approximate surface area is 169 Å². The normalized spacial score (nSPS) is 19.1. The van der Waals surface area contributed by atoms with Gasteiger partial charge < -0.3 is 19.4 Å². The molecule has 146 valence electrons. The number of anilines is 1. The molecular weight excluding hydrogens is 372 g/mol. The Balaban J connectivity index is 1.31. The molecule has 2 heterocycles. The maximum atomic E-state index is 6.20. The van der Waals surface area contributed by atoms with Gasteiger partial charge in [-0.2, -0.15) is 0 Å². The number of quaternary nitrogens is 1. The number of aryl methyl sites for hydroxylation is 1. The number of nitrogens with zero attached hydrogens (tertiary/aromatic N) is 3. The number of aromatic nitrogens is 2. The predicted molar refractivity (Wildman–Crippen MR) is 110 cm³/mol. The highest BCUT2D eigenvalue weighted by molar-refractivity contribution is 7.99. The molecule has 28 heavy (non-hydrogen) atoms. The van der Waals surface area contributed by atoms with E-state index in [-0.39, 0.29) is 12.3 Å². The van der Waals surface area contributed by atoms with Crippen molar-refractivity contribution in [2.24, 2.45) is 0 Å². The first-order chi connectivity index (χ1) is 13.6. The van der Waals surface area contributed by atoms with E-state index in [1.807, 2.05) is 45.3 Å². The SMILES string of the molecule is Cc1cccc(-c2nnc(SC[C@@H]3C[NH2+][C@@H](c4ccc(N(C)C)cc4)O3)o2)c1. The summed E-state index contributed by atoms with van der Waals surface area (Å²) in [6, 6.07) is 16.6. The minimum atomic E-state index is 0.0485. The first-order valence-corrected chi connectivity index (χ1v) is 10.4. The summed E-state index contributed by atoms with van der Waals surface area (Å²) in [5.74, 6) is 1.35. The van der Waals surface area contributed by atoms with Gasteiger partial charge in [0.1, 0.15) is 12.6 Å². The van der Waals surface area contributed by atoms with E-state index in [0.29, 0.717) is 11.1 Å². The van der Waals surface area contributed by atoms with Gasteiger partial charge in [-0.25, -0.2) is 0 Å². The average molecular weight is 398 g/mol. The Hall–Kier alpha value is -2.35. The topological polar surface area (TPSA) is 68.0 Å². The van der Waals surface area contributed by atoms with Gasteiger partial charge in [0, 0.05) is 36.7 Å². The second-order valence-corrected chi connectivity index (χ2v) is 8.16. The van der Waals surface area contributed by atoms with Gasteiger partial charge in [0.2, 0.25) is 12.1 Å². The van der Waals surface area contributed by atoms with Crippen molar-refractivity contribution in [2.45, 2.75) is 24.5 Å². The van der Waals surface area contributed by atoms with E-state index in [4.69, 9.17) is 9.15 Å². The predicted octanol–water partition coefficient (Wildman–Crippen LogP) is 2.86. The zero-order chi connectivity index (χ0) is 19.5. The van der Waals surface area contributed by atoms with Gasteiger partial charge in [0.15, 0.2) is 0 Å². The van der Waals surface area contributed by atoms with Crippen LogP contribution in [0.5, 0.6) is 0 Å². The van der Waals surface area contributed by atoms with Crippen LogP contribution in [0.25, 0.3) is 11.5 Å². The third-order valence-corrected chi connectivity index (χ3v) is 5.70. The van der Waals surface area contributed by atoms with Crippen molar-refractivity contribution in [3.05, 3.63) is 59.7 Å². The van der Waals surface area contributed by atoms with Crippen LogP contribution in [0.1, 0.15) is 17.4 Å². The van der Waals surface area contributed by atoms with Crippen molar-refractivity contribution in [1.82, 2.24) is 10.2 Å². The third kappa shape index (κ3) is 4.38. The lowest BCUT2D eigenvalue weighted by atomic mass is 10.1. The van der Waals surface area contributed by atoms with Gasteiger partial charge in [-0.05, 0) is 43.3 Å². The van der Waals surface area contributed by atoms with E-state index in [9.17, 15) is 0 Å². The highest BCUT2D eigenvalue weighted by Crippen LogP contribution is 2.26. The molecule has 0 aliphatic carbocycles. The van der Waals surface area contributed by atoms with Gasteiger partial charge in [0.05, 0.1) is 0 Å². The molecule has 0 bridgehead atoms. The number of hydrogen-bond donors (Lipinski definition) is 1. The van der Waals surface area contributed by atoms with Crippen LogP contribution in [0, 0.1) is 6.92 Å². The molecular formula is C21H25N4O2S+. The molecule has 1 saturated heterocycles. The van der Waals surface area contributed by atoms with Crippen molar-refractivity contribution >= 4 is 17.4 Å². The maximum absolute atomic E-state index is 6.20. The molecule has 2 N–H and O–H groups in total. The number of thioether (sulfide) groups is 1. The van der Waals surface area contributed by atoms with E-state index in [0.717, 1.165) is 17.9 Å². The highest BCUT2D eigenvalue weighted by atomic mass is 32.2. The summed E-state index contributed by atoms with van der Waals surface area (Å²) in [7, 11) is 4.09. The molecule has 0 saturated carbocycles. The molecule has 7 heteroatoms. The van der Waals surface area contributed by atoms with Crippen LogP contribution in [0.15, 0.2) is 58.2 Å². The van der Waals surface area contributed by atoms with E-state index in [1.165, 1.54) is 16.8 Å². The number of nitrogens with two attached hydrogens (primary N) is 1. The second-order valence-electron chi connectivity index (χ2n) is 7.19. The smallest absolute Gasteiger partial charge is 0.276 e. The maximum Gasteiger partial charge on any atom is 0.276 e. The monoisotopic (exact) mass is 397 g/mol. The quantitative estimate of drug-likeness (QED) is 0.645. The first kappa shape index (κ1) is 19.0. The van der Waals surface area contributed by atoms with Crippen LogP contribution in [0.3, 0.4) is 0 Å². The van der Waals surface area contributed by atoms with Crippen molar-refractivity contribution in [1.29, 1.82) is 0 Å². The second kappa shape index (κ2) is 8.34. The van der Waals surface area contributed by atoms with Gasteiger partial charge in [0.25, 0.3) is 5.22 Å². The van der Waals surface area contributed by atoms with Gasteiger partial charge in [-0.3, -0.25) is 0 Å². The fourth-order valence-corrected chi connectivity index (χ4v) is 3.98. The van der Waals surface area contributed by atoms with Crippen molar-refractivity contribution in [2.75, 3.05) is 31.3 Å². The number of rotatable bonds is 6. The summed E-state index contributed by atoms with van der Waals surface area (Å²) in [6.07, 6.45) is 0.199. The standard InChI is InChI=1S/C21H24N4O2S/c1-14-5-4-6-16(11-14)20-23-24-21(27-20)28-13-18-12-22-19(26-18)15-7-9-17(10-8-15)25(2)3/h4-11,18-19,22H,12-13H2,1-3H3/p+1/t18-,19+/m0/s1. The van der Waals surface area contributed by atoms with Crippen LogP contribution in [-0.4, -0.2) is 42.7 Å². The molecule has 0 unspecified atom stereocenters. The molecule has 3 aromatic rings. The Morgan fingerprint density at radius 3 is 2.71 bits per heavy atom. The average Bonchev–Trinajstić information content (AvgIpc) is 3.36. The molecule has 2 atom stereocenters. The zero-order valence-electron chi connectivity index (χ0n) is 16.3. The van der Waals surface area contributed by atoms with Crippen LogP contribution in [0.4, 0.5) is 5.69 Å². The first-order valence-electron chi connectivity index (χ1n) is 9.38. The lowest BCUT2D eigenvalue weighted by Gasteiger charge is -2.14. The fourth-order valence-electron chi connectivity index (χ4n) is 3.21. The Morgan fingerprint density at radius 2 is 1.96 bits per heavy atom. The van der Waals surface area contributed by atoms with E-state index >= 15 is 0 Å². The fraction of sp³-hybridized carbons (Fsp3) is 0.333. The Morgan fingerprint density at radius 1 is 1.14 bits per heavy atom. The summed E-state index contributed by atoms with van der Waals surface area (Å²) in [5, 5.41) is 11.2. The Kier molecular flexibility index (Phi) is 5.66. The van der Waals surface area contributed by atoms with E-state index in [1.54, 1.807) is 11.8 Å². The molecule has 2 aromatic carbocycles. The Bertz CT molecular complexity index is 926. The van der Waals surface area contributed by atoms with Crippen LogP contribution in [-0.2, 0) is 4.74 Å². The molecule has 0 amide bonds. The van der Waals surface area contributed by atoms with Crippen molar-refractivity contribution < 1.29 is 14.5 Å². The molecule has 0 spiro atoms. The van der Waals surface area contributed by atoms with Crippen LogP contribution >= 0.6 is 11.8 Å². The minimum absolute atomic E-state index is 0.0485. The third-order valence-electron chi connectivity index (χ3n) is 4.75. The number of ether oxygens (including phenoxy) is 1. The van der Waals surface area contributed by atoms with E-state index < -0.39 is 0 Å². The summed E-state index contributed by atoms with van der Waals surface area (Å²) < 4.78 is 12.0. The zero-order valence-corrected chi connectivity index (χ0v) is 17.1. The van der Waals surface area contributed by atoms with Crippen molar-refractivity contribution in [3.8, 4) is 11.5 Å². The van der Waals surface area contributed by atoms with Gasteiger partial charge >= 0.3 is 0 Å². The van der Waals surface area contributed by atoms with E-state index in [2.05, 4.69) is 44.7 Å². The molecule has 1 aromatic heterocycles. The van der Waals surface area contributed by atoms with Crippen LogP contribution < -0.4 is 10.2 Å². The molecule has 4 rings (SSSR count). The summed E-state index contributed by atoms with van der Waals surface area (Å²) in [6.45, 7) is 2.97. The van der Waals surface area contributed by atoms with Crippen molar-refractivity contribution in [3.63, 3.8) is 0 Å². The summed E-state index contributed by atoms with van der Waals surface area (Å²) in [4.78, 5) is 2.10. The largest absolute Gasteiger partial charge is 0.411 e. The molecule has 0 radical (unpaired) electrons. The number of benzene rings is 2. The van der Waals surface area contributed by atoms with Gasteiger partial charge in [-0.15, -0.1) is 10.2 Å². The minimum Gasteiger partial charge on any atom is -0.411 e. The molecule has 6 nitrogen and oxygen atoms in total. The molecule has 1 aliphatic heterocycles. The molecule has 1 fully saturated rings. The van der Waals surface area contributed by atoms with Crippen LogP contribution in [0.2, 0.25) is 0 Å². The lowest BCUT2D eigenvalue weighted by molar-refractivity contribution is -0.697. The summed E-state index contributed by atoms with van der Waals surface area (Å²) in [5.41, 5.74) is 4.50. The highest BCUT2D eigenvalue weighted by Gasteiger charge is 2.30. The lowest BCUT2D eigenvalue weighted by Crippen LogP contribution is -2.82.